The second-order valence-electron chi connectivity index (χ2n) is 6.32. The van der Waals surface area contributed by atoms with Gasteiger partial charge >= 0.3 is 0 Å². The van der Waals surface area contributed by atoms with E-state index in [9.17, 15) is 19.7 Å². The first-order chi connectivity index (χ1) is 13.9. The highest BCUT2D eigenvalue weighted by atomic mass is 32.2. The summed E-state index contributed by atoms with van der Waals surface area (Å²) in [6.45, 7) is 3.94. The fraction of sp³-hybridized carbons (Fsp3) is 0.143. The van der Waals surface area contributed by atoms with Crippen LogP contribution in [0.15, 0.2) is 60.0 Å². The maximum atomic E-state index is 12.1. The van der Waals surface area contributed by atoms with Crippen molar-refractivity contribution < 1.29 is 19.2 Å². The molecule has 1 aliphatic rings. The number of nitrogens with zero attached hydrogens (tertiary/aromatic N) is 2. The van der Waals surface area contributed by atoms with E-state index in [2.05, 4.69) is 6.58 Å². The van der Waals surface area contributed by atoms with Crippen molar-refractivity contribution in [3.8, 4) is 5.75 Å². The molecule has 0 N–H and O–H groups in total. The van der Waals surface area contributed by atoms with Crippen molar-refractivity contribution in [3.05, 3.63) is 86.8 Å². The van der Waals surface area contributed by atoms with Gasteiger partial charge in [-0.05, 0) is 53.1 Å². The highest BCUT2D eigenvalue weighted by Gasteiger charge is 2.31. The molecule has 1 heterocycles. The zero-order valence-corrected chi connectivity index (χ0v) is 16.5. The van der Waals surface area contributed by atoms with E-state index < -0.39 is 4.92 Å². The SMILES string of the molecule is C=CCc1cc(/C=C2\SC(=O)N(C)C2=O)ccc1OCc1cccc([N+](=O)[O-])c1. The third kappa shape index (κ3) is 4.72. The second-order valence-corrected chi connectivity index (χ2v) is 7.31. The molecule has 0 bridgehead atoms. The fourth-order valence-electron chi connectivity index (χ4n) is 2.76. The van der Waals surface area contributed by atoms with Gasteiger partial charge < -0.3 is 4.74 Å². The summed E-state index contributed by atoms with van der Waals surface area (Å²) in [5, 5.41) is 10.6. The maximum absolute atomic E-state index is 12.1. The molecular formula is C21H18N2O5S. The number of nitro groups is 1. The quantitative estimate of drug-likeness (QED) is 0.287. The number of non-ortho nitro benzene ring substituents is 1. The first-order valence-corrected chi connectivity index (χ1v) is 9.52. The second kappa shape index (κ2) is 8.74. The molecule has 2 aromatic carbocycles. The smallest absolute Gasteiger partial charge is 0.293 e. The van der Waals surface area contributed by atoms with E-state index in [4.69, 9.17) is 4.74 Å². The van der Waals surface area contributed by atoms with Crippen molar-refractivity contribution >= 4 is 34.7 Å². The van der Waals surface area contributed by atoms with Crippen LogP contribution in [0.5, 0.6) is 5.75 Å². The highest BCUT2D eigenvalue weighted by Crippen LogP contribution is 2.32. The lowest BCUT2D eigenvalue weighted by Gasteiger charge is -2.12. The van der Waals surface area contributed by atoms with Gasteiger partial charge in [-0.15, -0.1) is 6.58 Å². The lowest BCUT2D eigenvalue weighted by Crippen LogP contribution is -2.22. The van der Waals surface area contributed by atoms with Crippen molar-refractivity contribution in [2.45, 2.75) is 13.0 Å². The number of rotatable bonds is 7. The minimum absolute atomic E-state index is 0.0117. The van der Waals surface area contributed by atoms with Crippen LogP contribution in [0, 0.1) is 10.1 Å². The number of carbonyl (C=O) groups excluding carboxylic acids is 2. The Balaban J connectivity index is 1.80. The Morgan fingerprint density at radius 3 is 2.69 bits per heavy atom. The van der Waals surface area contributed by atoms with Gasteiger partial charge in [0, 0.05) is 19.2 Å². The summed E-state index contributed by atoms with van der Waals surface area (Å²) in [4.78, 5) is 35.6. The van der Waals surface area contributed by atoms with E-state index in [-0.39, 0.29) is 23.4 Å². The van der Waals surface area contributed by atoms with Crippen molar-refractivity contribution in [2.24, 2.45) is 0 Å². The number of nitro benzene ring substituents is 1. The summed E-state index contributed by atoms with van der Waals surface area (Å²) in [7, 11) is 1.45. The number of ether oxygens (including phenoxy) is 1. The first kappa shape index (κ1) is 20.3. The normalized spacial score (nSPS) is 15.1. The topological polar surface area (TPSA) is 89.8 Å². The Morgan fingerprint density at radius 1 is 1.24 bits per heavy atom. The lowest BCUT2D eigenvalue weighted by atomic mass is 10.1. The van der Waals surface area contributed by atoms with Crippen LogP contribution < -0.4 is 4.74 Å². The van der Waals surface area contributed by atoms with Crippen molar-refractivity contribution in [2.75, 3.05) is 7.05 Å². The highest BCUT2D eigenvalue weighted by molar-refractivity contribution is 8.18. The summed E-state index contributed by atoms with van der Waals surface area (Å²) in [6.07, 6.45) is 3.95. The number of hydrogen-bond donors (Lipinski definition) is 0. The Labute approximate surface area is 171 Å². The van der Waals surface area contributed by atoms with Gasteiger partial charge in [0.15, 0.2) is 0 Å². The third-order valence-electron chi connectivity index (χ3n) is 4.25. The number of carbonyl (C=O) groups is 2. The Morgan fingerprint density at radius 2 is 2.03 bits per heavy atom. The molecule has 2 amide bonds. The average Bonchev–Trinajstić information content (AvgIpc) is 2.94. The fourth-order valence-corrected chi connectivity index (χ4v) is 3.59. The van der Waals surface area contributed by atoms with Crippen LogP contribution in [0.1, 0.15) is 16.7 Å². The number of amides is 2. The zero-order chi connectivity index (χ0) is 21.0. The van der Waals surface area contributed by atoms with Crippen LogP contribution in [-0.4, -0.2) is 28.0 Å². The maximum Gasteiger partial charge on any atom is 0.293 e. The van der Waals surface area contributed by atoms with Crippen LogP contribution in [0.25, 0.3) is 6.08 Å². The van der Waals surface area contributed by atoms with Gasteiger partial charge in [0.05, 0.1) is 9.83 Å². The lowest BCUT2D eigenvalue weighted by molar-refractivity contribution is -0.384. The Kier molecular flexibility index (Phi) is 6.13. The summed E-state index contributed by atoms with van der Waals surface area (Å²) >= 11 is 0.903. The van der Waals surface area contributed by atoms with Gasteiger partial charge in [-0.2, -0.15) is 0 Å². The van der Waals surface area contributed by atoms with Crippen molar-refractivity contribution in [1.29, 1.82) is 0 Å². The number of imide groups is 1. The minimum atomic E-state index is -0.445. The summed E-state index contributed by atoms with van der Waals surface area (Å²) in [5.74, 6) is 0.299. The van der Waals surface area contributed by atoms with Gasteiger partial charge in [-0.3, -0.25) is 24.6 Å². The monoisotopic (exact) mass is 410 g/mol. The molecule has 1 fully saturated rings. The van der Waals surface area contributed by atoms with E-state index >= 15 is 0 Å². The summed E-state index contributed by atoms with van der Waals surface area (Å²) in [5.41, 5.74) is 2.32. The van der Waals surface area contributed by atoms with Crippen LogP contribution in [0.2, 0.25) is 0 Å². The average molecular weight is 410 g/mol. The molecule has 148 valence electrons. The third-order valence-corrected chi connectivity index (χ3v) is 5.21. The van der Waals surface area contributed by atoms with Crippen LogP contribution in [0.4, 0.5) is 10.5 Å². The molecule has 29 heavy (non-hydrogen) atoms. The molecule has 0 aromatic heterocycles. The van der Waals surface area contributed by atoms with Crippen molar-refractivity contribution in [1.82, 2.24) is 4.90 Å². The molecule has 2 aromatic rings. The molecule has 1 saturated heterocycles. The molecular weight excluding hydrogens is 392 g/mol. The Bertz CT molecular complexity index is 1030. The van der Waals surface area contributed by atoms with E-state index in [1.54, 1.807) is 36.4 Å². The summed E-state index contributed by atoms with van der Waals surface area (Å²) in [6, 6.07) is 11.7. The molecule has 0 spiro atoms. The molecule has 1 aliphatic heterocycles. The molecule has 0 radical (unpaired) electrons. The van der Waals surface area contributed by atoms with Gasteiger partial charge in [0.25, 0.3) is 16.8 Å². The van der Waals surface area contributed by atoms with Gasteiger partial charge in [-0.25, -0.2) is 0 Å². The van der Waals surface area contributed by atoms with E-state index in [1.165, 1.54) is 19.2 Å². The molecule has 0 aliphatic carbocycles. The van der Waals surface area contributed by atoms with Crippen molar-refractivity contribution in [3.63, 3.8) is 0 Å². The number of hydrogen-bond acceptors (Lipinski definition) is 6. The van der Waals surface area contributed by atoms with E-state index in [0.29, 0.717) is 22.6 Å². The largest absolute Gasteiger partial charge is 0.489 e. The summed E-state index contributed by atoms with van der Waals surface area (Å²) < 4.78 is 5.87. The first-order valence-electron chi connectivity index (χ1n) is 8.70. The molecule has 0 saturated carbocycles. The molecule has 8 heteroatoms. The number of allylic oxidation sites excluding steroid dienone is 1. The standard InChI is InChI=1S/C21H18N2O5S/c1-3-5-16-10-14(12-19-20(24)22(2)21(25)29-19)8-9-18(16)28-13-15-6-4-7-17(11-15)23(26)27/h3-4,6-12H,1,5,13H2,2H3/b19-12-. The van der Waals surface area contributed by atoms with Gasteiger partial charge in [0.1, 0.15) is 12.4 Å². The van der Waals surface area contributed by atoms with E-state index in [0.717, 1.165) is 27.8 Å². The number of likely N-dealkylation sites (N-methyl/N-ethyl adjacent to an activating group) is 1. The zero-order valence-electron chi connectivity index (χ0n) is 15.7. The predicted molar refractivity (Wildman–Crippen MR) is 112 cm³/mol. The van der Waals surface area contributed by atoms with E-state index in [1.807, 2.05) is 6.07 Å². The Hall–Kier alpha value is -3.39. The predicted octanol–water partition coefficient (Wildman–Crippen LogP) is 4.57. The molecule has 3 rings (SSSR count). The minimum Gasteiger partial charge on any atom is -0.489 e. The number of thioether (sulfide) groups is 1. The molecule has 7 nitrogen and oxygen atoms in total. The van der Waals surface area contributed by atoms with Crippen LogP contribution in [-0.2, 0) is 17.8 Å². The molecule has 0 atom stereocenters. The van der Waals surface area contributed by atoms with Gasteiger partial charge in [-0.1, -0.05) is 24.3 Å². The van der Waals surface area contributed by atoms with Gasteiger partial charge in [0.2, 0.25) is 0 Å². The number of benzene rings is 2. The van der Waals surface area contributed by atoms with Crippen LogP contribution >= 0.6 is 11.8 Å². The van der Waals surface area contributed by atoms with Crippen LogP contribution in [0.3, 0.4) is 0 Å². The molecule has 0 unspecified atom stereocenters.